The van der Waals surface area contributed by atoms with Crippen LogP contribution in [-0.4, -0.2) is 18.1 Å². The standard InChI is InChI=1S/C15H24N2S/c1-2-4-13(5-3-1)15-17-14(11-18-15)10-12-6-8-16-9-7-12/h11-13,16H,1-10H2. The second-order valence-electron chi connectivity index (χ2n) is 5.91. The Kier molecular flexibility index (Phi) is 4.32. The maximum absolute atomic E-state index is 4.93. The number of rotatable bonds is 3. The first kappa shape index (κ1) is 12.6. The molecule has 2 fully saturated rings. The van der Waals surface area contributed by atoms with Gasteiger partial charge in [0.05, 0.1) is 10.7 Å². The van der Waals surface area contributed by atoms with Crippen LogP contribution in [0.3, 0.4) is 0 Å². The molecule has 1 saturated carbocycles. The normalized spacial score (nSPS) is 23.3. The molecule has 18 heavy (non-hydrogen) atoms. The molecule has 3 heteroatoms. The SMILES string of the molecule is c1sc(C2CCCCC2)nc1CC1CCNCC1. The smallest absolute Gasteiger partial charge is 0.0959 e. The van der Waals surface area contributed by atoms with Crippen molar-refractivity contribution in [1.82, 2.24) is 10.3 Å². The first-order valence-electron chi connectivity index (χ1n) is 7.57. The minimum atomic E-state index is 0.783. The van der Waals surface area contributed by atoms with Gasteiger partial charge in [-0.15, -0.1) is 11.3 Å². The summed E-state index contributed by atoms with van der Waals surface area (Å²) in [7, 11) is 0. The van der Waals surface area contributed by atoms with E-state index < -0.39 is 0 Å². The molecule has 0 radical (unpaired) electrons. The van der Waals surface area contributed by atoms with E-state index in [1.807, 2.05) is 11.3 Å². The Bertz CT molecular complexity index is 362. The Balaban J connectivity index is 1.58. The molecule has 1 saturated heterocycles. The Hall–Kier alpha value is -0.410. The Morgan fingerprint density at radius 1 is 1.11 bits per heavy atom. The van der Waals surface area contributed by atoms with E-state index in [9.17, 15) is 0 Å². The highest BCUT2D eigenvalue weighted by Gasteiger charge is 2.20. The molecular weight excluding hydrogens is 240 g/mol. The van der Waals surface area contributed by atoms with Gasteiger partial charge in [0.2, 0.25) is 0 Å². The van der Waals surface area contributed by atoms with Crippen LogP contribution in [0.1, 0.15) is 61.6 Å². The van der Waals surface area contributed by atoms with Crippen LogP contribution in [0.2, 0.25) is 0 Å². The first-order chi connectivity index (χ1) is 8.92. The maximum atomic E-state index is 4.93. The van der Waals surface area contributed by atoms with E-state index in [-0.39, 0.29) is 0 Å². The van der Waals surface area contributed by atoms with Crippen LogP contribution in [0.4, 0.5) is 0 Å². The van der Waals surface area contributed by atoms with Crippen LogP contribution in [0.15, 0.2) is 5.38 Å². The summed E-state index contributed by atoms with van der Waals surface area (Å²) in [6, 6.07) is 0. The molecule has 0 spiro atoms. The van der Waals surface area contributed by atoms with Gasteiger partial charge in [0.15, 0.2) is 0 Å². The molecule has 1 aromatic rings. The summed E-state index contributed by atoms with van der Waals surface area (Å²) in [6.07, 6.45) is 10.9. The molecule has 2 aliphatic rings. The van der Waals surface area contributed by atoms with E-state index in [2.05, 4.69) is 10.7 Å². The lowest BCUT2D eigenvalue weighted by atomic mass is 9.90. The van der Waals surface area contributed by atoms with Crippen molar-refractivity contribution in [1.29, 1.82) is 0 Å². The average molecular weight is 264 g/mol. The summed E-state index contributed by atoms with van der Waals surface area (Å²) < 4.78 is 0. The monoisotopic (exact) mass is 264 g/mol. The van der Waals surface area contributed by atoms with Gasteiger partial charge in [-0.1, -0.05) is 19.3 Å². The van der Waals surface area contributed by atoms with Crippen molar-refractivity contribution in [2.75, 3.05) is 13.1 Å². The molecule has 1 N–H and O–H groups in total. The van der Waals surface area contributed by atoms with Crippen molar-refractivity contribution in [2.45, 2.75) is 57.3 Å². The summed E-state index contributed by atoms with van der Waals surface area (Å²) in [5.74, 6) is 1.65. The molecule has 2 heterocycles. The zero-order chi connectivity index (χ0) is 12.2. The van der Waals surface area contributed by atoms with Crippen LogP contribution < -0.4 is 5.32 Å². The van der Waals surface area contributed by atoms with Crippen molar-refractivity contribution in [2.24, 2.45) is 5.92 Å². The summed E-state index contributed by atoms with van der Waals surface area (Å²) in [6.45, 7) is 2.40. The quantitative estimate of drug-likeness (QED) is 0.899. The van der Waals surface area contributed by atoms with Gasteiger partial charge in [-0.3, -0.25) is 0 Å². The van der Waals surface area contributed by atoms with Gasteiger partial charge in [0.1, 0.15) is 0 Å². The minimum Gasteiger partial charge on any atom is -0.317 e. The number of hydrogen-bond acceptors (Lipinski definition) is 3. The van der Waals surface area contributed by atoms with Gasteiger partial charge >= 0.3 is 0 Å². The zero-order valence-electron chi connectivity index (χ0n) is 11.2. The van der Waals surface area contributed by atoms with Crippen molar-refractivity contribution in [3.05, 3.63) is 16.1 Å². The second-order valence-corrected chi connectivity index (χ2v) is 6.80. The maximum Gasteiger partial charge on any atom is 0.0959 e. The van der Waals surface area contributed by atoms with Crippen LogP contribution in [0.25, 0.3) is 0 Å². The third kappa shape index (κ3) is 3.12. The molecule has 2 nitrogen and oxygen atoms in total. The number of hydrogen-bond donors (Lipinski definition) is 1. The first-order valence-corrected chi connectivity index (χ1v) is 8.45. The number of aromatic nitrogens is 1. The van der Waals surface area contributed by atoms with Gasteiger partial charge in [-0.2, -0.15) is 0 Å². The van der Waals surface area contributed by atoms with E-state index in [1.54, 1.807) is 0 Å². The number of nitrogens with zero attached hydrogens (tertiary/aromatic N) is 1. The lowest BCUT2D eigenvalue weighted by Crippen LogP contribution is -2.28. The number of thiazole rings is 1. The fraction of sp³-hybridized carbons (Fsp3) is 0.800. The van der Waals surface area contributed by atoms with Crippen molar-refractivity contribution in [3.63, 3.8) is 0 Å². The molecule has 1 aromatic heterocycles. The lowest BCUT2D eigenvalue weighted by molar-refractivity contribution is 0.370. The molecule has 0 atom stereocenters. The number of piperidine rings is 1. The van der Waals surface area contributed by atoms with Gasteiger partial charge in [0, 0.05) is 11.3 Å². The van der Waals surface area contributed by atoms with Gasteiger partial charge in [-0.05, 0) is 51.1 Å². The highest BCUT2D eigenvalue weighted by molar-refractivity contribution is 7.09. The predicted molar refractivity (Wildman–Crippen MR) is 77.2 cm³/mol. The Morgan fingerprint density at radius 3 is 2.67 bits per heavy atom. The van der Waals surface area contributed by atoms with Crippen LogP contribution in [0, 0.1) is 5.92 Å². The molecule has 1 aliphatic heterocycles. The van der Waals surface area contributed by atoms with Crippen LogP contribution in [0.5, 0.6) is 0 Å². The zero-order valence-corrected chi connectivity index (χ0v) is 12.0. The van der Waals surface area contributed by atoms with Crippen molar-refractivity contribution < 1.29 is 0 Å². The average Bonchev–Trinajstić information content (AvgIpc) is 2.89. The fourth-order valence-electron chi connectivity index (χ4n) is 3.34. The highest BCUT2D eigenvalue weighted by Crippen LogP contribution is 2.34. The summed E-state index contributed by atoms with van der Waals surface area (Å²) in [5, 5.41) is 7.19. The third-order valence-electron chi connectivity index (χ3n) is 4.48. The molecule has 0 amide bonds. The van der Waals surface area contributed by atoms with E-state index >= 15 is 0 Å². The summed E-state index contributed by atoms with van der Waals surface area (Å²) in [5.41, 5.74) is 1.37. The fourth-order valence-corrected chi connectivity index (χ4v) is 4.34. The molecule has 1 aliphatic carbocycles. The topological polar surface area (TPSA) is 24.9 Å². The van der Waals surface area contributed by atoms with Gasteiger partial charge in [0.25, 0.3) is 0 Å². The van der Waals surface area contributed by atoms with Crippen molar-refractivity contribution >= 4 is 11.3 Å². The van der Waals surface area contributed by atoms with Crippen LogP contribution >= 0.6 is 11.3 Å². The molecule has 0 aromatic carbocycles. The van der Waals surface area contributed by atoms with E-state index in [0.717, 1.165) is 11.8 Å². The predicted octanol–water partition coefficient (Wildman–Crippen LogP) is 3.73. The molecular formula is C15H24N2S. The second kappa shape index (κ2) is 6.16. The molecule has 3 rings (SSSR count). The molecule has 100 valence electrons. The van der Waals surface area contributed by atoms with Gasteiger partial charge < -0.3 is 5.32 Å². The Labute approximate surface area is 114 Å². The molecule has 0 bridgehead atoms. The van der Waals surface area contributed by atoms with E-state index in [4.69, 9.17) is 4.98 Å². The van der Waals surface area contributed by atoms with E-state index in [0.29, 0.717) is 0 Å². The summed E-state index contributed by atoms with van der Waals surface area (Å²) >= 11 is 1.92. The van der Waals surface area contributed by atoms with Crippen LogP contribution in [-0.2, 0) is 6.42 Å². The lowest BCUT2D eigenvalue weighted by Gasteiger charge is -2.21. The highest BCUT2D eigenvalue weighted by atomic mass is 32.1. The van der Waals surface area contributed by atoms with Gasteiger partial charge in [-0.25, -0.2) is 4.98 Å². The Morgan fingerprint density at radius 2 is 1.89 bits per heavy atom. The molecule has 0 unspecified atom stereocenters. The summed E-state index contributed by atoms with van der Waals surface area (Å²) in [4.78, 5) is 4.93. The van der Waals surface area contributed by atoms with E-state index in [1.165, 1.54) is 75.2 Å². The van der Waals surface area contributed by atoms with Crippen molar-refractivity contribution in [3.8, 4) is 0 Å². The third-order valence-corrected chi connectivity index (χ3v) is 5.54. The largest absolute Gasteiger partial charge is 0.317 e. The number of nitrogens with one attached hydrogen (secondary N) is 1. The minimum absolute atomic E-state index is 0.783.